The predicted molar refractivity (Wildman–Crippen MR) is 124 cm³/mol. The Bertz CT molecular complexity index is 1060. The fraction of sp³-hybridized carbons (Fsp3) is 0.455. The lowest BCUT2D eigenvalue weighted by molar-refractivity contribution is -0.121. The first-order valence-corrected chi connectivity index (χ1v) is 11.0. The van der Waals surface area contributed by atoms with Crippen molar-refractivity contribution in [3.8, 4) is 0 Å². The number of anilines is 2. The molecule has 1 aromatic carbocycles. The number of nitrogens with two attached hydrogens (primary N) is 1. The van der Waals surface area contributed by atoms with Crippen molar-refractivity contribution in [2.45, 2.75) is 52.5 Å². The summed E-state index contributed by atoms with van der Waals surface area (Å²) >= 11 is 5.89. The molecule has 2 aromatic rings. The number of hydrogen-bond acceptors (Lipinski definition) is 6. The molecule has 0 aliphatic heterocycles. The van der Waals surface area contributed by atoms with Crippen LogP contribution < -0.4 is 21.9 Å². The first-order valence-electron chi connectivity index (χ1n) is 10.7. The molecule has 2 rings (SSSR count). The number of unbranched alkanes of at least 4 members (excludes halogenated alkanes) is 3. The molecule has 32 heavy (non-hydrogen) atoms. The summed E-state index contributed by atoms with van der Waals surface area (Å²) in [5.41, 5.74) is 4.87. The molecule has 9 nitrogen and oxygen atoms in total. The molecule has 0 bridgehead atoms. The molecule has 0 atom stereocenters. The number of esters is 1. The number of carbonyl (C=O) groups is 2. The smallest absolute Gasteiger partial charge is 0.338 e. The van der Waals surface area contributed by atoms with E-state index in [2.05, 4.69) is 4.98 Å². The highest BCUT2D eigenvalue weighted by atomic mass is 35.5. The largest absolute Gasteiger partial charge is 0.452 e. The lowest BCUT2D eigenvalue weighted by Gasteiger charge is -2.24. The summed E-state index contributed by atoms with van der Waals surface area (Å²) in [6.45, 7) is 3.88. The normalized spacial score (nSPS) is 10.7. The van der Waals surface area contributed by atoms with E-state index in [9.17, 15) is 19.2 Å². The number of benzene rings is 1. The van der Waals surface area contributed by atoms with Gasteiger partial charge in [0.1, 0.15) is 5.82 Å². The van der Waals surface area contributed by atoms with Gasteiger partial charge in [0.05, 0.1) is 5.56 Å². The number of nitrogens with one attached hydrogen (secondary N) is 1. The van der Waals surface area contributed by atoms with Crippen molar-refractivity contribution in [2.24, 2.45) is 0 Å². The summed E-state index contributed by atoms with van der Waals surface area (Å²) < 4.78 is 6.39. The molecule has 1 heterocycles. The third-order valence-corrected chi connectivity index (χ3v) is 5.13. The maximum atomic E-state index is 13.0. The van der Waals surface area contributed by atoms with E-state index in [1.807, 2.05) is 13.8 Å². The van der Waals surface area contributed by atoms with Crippen LogP contribution in [0.1, 0.15) is 56.3 Å². The number of ether oxygens (including phenoxy) is 1. The summed E-state index contributed by atoms with van der Waals surface area (Å²) in [6.07, 6.45) is 3.82. The number of nitrogens with zero attached hydrogens (tertiary/aromatic N) is 2. The van der Waals surface area contributed by atoms with Gasteiger partial charge in [0.25, 0.3) is 11.5 Å². The van der Waals surface area contributed by atoms with Crippen LogP contribution in [0.3, 0.4) is 0 Å². The van der Waals surface area contributed by atoms with E-state index < -0.39 is 29.7 Å². The number of amides is 1. The Morgan fingerprint density at radius 2 is 1.88 bits per heavy atom. The SMILES string of the molecule is CCCCCN(C(=O)COC(=O)c1cccc(Cl)c1)c1c(N)n(CCCC)c(=O)[nH]c1=O. The molecule has 0 saturated carbocycles. The summed E-state index contributed by atoms with van der Waals surface area (Å²) in [4.78, 5) is 53.5. The number of hydrogen-bond donors (Lipinski definition) is 2. The highest BCUT2D eigenvalue weighted by Gasteiger charge is 2.25. The van der Waals surface area contributed by atoms with Gasteiger partial charge in [-0.05, 0) is 31.0 Å². The van der Waals surface area contributed by atoms with E-state index in [1.54, 1.807) is 12.1 Å². The van der Waals surface area contributed by atoms with Gasteiger partial charge in [-0.2, -0.15) is 0 Å². The summed E-state index contributed by atoms with van der Waals surface area (Å²) in [5.74, 6) is -1.42. The van der Waals surface area contributed by atoms with Gasteiger partial charge in [-0.3, -0.25) is 19.1 Å². The number of H-pyrrole nitrogens is 1. The maximum Gasteiger partial charge on any atom is 0.338 e. The Hall–Kier alpha value is -3.07. The second kappa shape index (κ2) is 12.1. The fourth-order valence-corrected chi connectivity index (χ4v) is 3.35. The third kappa shape index (κ3) is 6.46. The van der Waals surface area contributed by atoms with Crippen LogP contribution in [-0.2, 0) is 16.1 Å². The van der Waals surface area contributed by atoms with E-state index in [0.717, 1.165) is 19.3 Å². The molecule has 0 unspecified atom stereocenters. The number of aromatic nitrogens is 2. The predicted octanol–water partition coefficient (Wildman–Crippen LogP) is 2.95. The maximum absolute atomic E-state index is 13.0. The molecule has 0 aliphatic carbocycles. The van der Waals surface area contributed by atoms with E-state index in [4.69, 9.17) is 22.1 Å². The molecule has 0 spiro atoms. The van der Waals surface area contributed by atoms with Crippen LogP contribution in [0.25, 0.3) is 0 Å². The van der Waals surface area contributed by atoms with Gasteiger partial charge in [0.2, 0.25) is 0 Å². The molecule has 1 amide bonds. The molecular weight excluding hydrogens is 436 g/mol. The van der Waals surface area contributed by atoms with Crippen molar-refractivity contribution >= 4 is 35.0 Å². The quantitative estimate of drug-likeness (QED) is 0.388. The topological polar surface area (TPSA) is 127 Å². The van der Waals surface area contributed by atoms with Gasteiger partial charge in [-0.25, -0.2) is 9.59 Å². The van der Waals surface area contributed by atoms with E-state index >= 15 is 0 Å². The minimum absolute atomic E-state index is 0.0850. The summed E-state index contributed by atoms with van der Waals surface area (Å²) in [6, 6.07) is 6.16. The number of aromatic amines is 1. The number of rotatable bonds is 11. The first kappa shape index (κ1) is 25.2. The minimum atomic E-state index is -0.758. The van der Waals surface area contributed by atoms with Crippen LogP contribution in [0.2, 0.25) is 5.02 Å². The fourth-order valence-electron chi connectivity index (χ4n) is 3.16. The van der Waals surface area contributed by atoms with Gasteiger partial charge < -0.3 is 15.4 Å². The Morgan fingerprint density at radius 1 is 1.16 bits per heavy atom. The Balaban J connectivity index is 2.31. The van der Waals surface area contributed by atoms with Crippen molar-refractivity contribution in [2.75, 3.05) is 23.8 Å². The molecule has 3 N–H and O–H groups in total. The van der Waals surface area contributed by atoms with Crippen LogP contribution in [0.15, 0.2) is 33.9 Å². The van der Waals surface area contributed by atoms with Crippen LogP contribution in [-0.4, -0.2) is 34.6 Å². The lowest BCUT2D eigenvalue weighted by Crippen LogP contribution is -2.43. The van der Waals surface area contributed by atoms with E-state index in [1.165, 1.54) is 21.6 Å². The van der Waals surface area contributed by atoms with E-state index in [-0.39, 0.29) is 23.6 Å². The second-order valence-corrected chi connectivity index (χ2v) is 7.77. The van der Waals surface area contributed by atoms with Crippen molar-refractivity contribution in [1.82, 2.24) is 9.55 Å². The van der Waals surface area contributed by atoms with Gasteiger partial charge >= 0.3 is 11.7 Å². The molecule has 174 valence electrons. The highest BCUT2D eigenvalue weighted by molar-refractivity contribution is 6.30. The highest BCUT2D eigenvalue weighted by Crippen LogP contribution is 2.19. The molecule has 1 aromatic heterocycles. The lowest BCUT2D eigenvalue weighted by atomic mass is 10.2. The van der Waals surface area contributed by atoms with Crippen molar-refractivity contribution in [3.63, 3.8) is 0 Å². The van der Waals surface area contributed by atoms with Gasteiger partial charge in [-0.1, -0.05) is 50.8 Å². The summed E-state index contributed by atoms with van der Waals surface area (Å²) in [5, 5.41) is 0.362. The zero-order valence-electron chi connectivity index (χ0n) is 18.4. The number of carbonyl (C=O) groups excluding carboxylic acids is 2. The van der Waals surface area contributed by atoms with Crippen LogP contribution in [0.4, 0.5) is 11.5 Å². The zero-order valence-corrected chi connectivity index (χ0v) is 19.1. The zero-order chi connectivity index (χ0) is 23.7. The van der Waals surface area contributed by atoms with Gasteiger partial charge in [0, 0.05) is 18.1 Å². The summed E-state index contributed by atoms with van der Waals surface area (Å²) in [7, 11) is 0. The molecule has 0 radical (unpaired) electrons. The molecular formula is C22H29ClN4O5. The van der Waals surface area contributed by atoms with Crippen molar-refractivity contribution < 1.29 is 14.3 Å². The van der Waals surface area contributed by atoms with Gasteiger partial charge in [0.15, 0.2) is 12.3 Å². The standard InChI is InChI=1S/C22H29ClN4O5/c1-3-5-7-12-26(17(28)14-32-21(30)15-9-8-10-16(23)13-15)18-19(24)27(11-6-4-2)22(31)25-20(18)29/h8-10,13H,3-7,11-12,14,24H2,1-2H3,(H,25,29,31). The average Bonchev–Trinajstić information content (AvgIpc) is 2.76. The van der Waals surface area contributed by atoms with Crippen LogP contribution in [0, 0.1) is 0 Å². The van der Waals surface area contributed by atoms with Crippen LogP contribution in [0.5, 0.6) is 0 Å². The Labute approximate surface area is 191 Å². The monoisotopic (exact) mass is 464 g/mol. The van der Waals surface area contributed by atoms with Crippen LogP contribution >= 0.6 is 11.6 Å². The first-order chi connectivity index (χ1) is 15.3. The third-order valence-electron chi connectivity index (χ3n) is 4.89. The number of halogens is 1. The molecule has 0 aliphatic rings. The van der Waals surface area contributed by atoms with Crippen molar-refractivity contribution in [3.05, 3.63) is 55.7 Å². The average molecular weight is 465 g/mol. The van der Waals surface area contributed by atoms with Gasteiger partial charge in [-0.15, -0.1) is 0 Å². The number of nitrogen functional groups attached to an aromatic ring is 1. The second-order valence-electron chi connectivity index (χ2n) is 7.34. The Morgan fingerprint density at radius 3 is 2.53 bits per heavy atom. The van der Waals surface area contributed by atoms with Crippen molar-refractivity contribution in [1.29, 1.82) is 0 Å². The molecule has 10 heteroatoms. The Kier molecular flexibility index (Phi) is 9.52. The van der Waals surface area contributed by atoms with E-state index in [0.29, 0.717) is 24.4 Å². The molecule has 0 fully saturated rings. The minimum Gasteiger partial charge on any atom is -0.452 e. The molecule has 0 saturated heterocycles.